The minimum atomic E-state index is -0.694. The molecule has 0 aromatic carbocycles. The Morgan fingerprint density at radius 3 is 3.09 bits per heavy atom. The molecule has 0 saturated heterocycles. The average Bonchev–Trinajstić information content (AvgIpc) is 2.05. The quantitative estimate of drug-likeness (QED) is 0.612. The lowest BCUT2D eigenvalue weighted by atomic mass is 10.5. The van der Waals surface area contributed by atoms with Crippen LogP contribution in [0.5, 0.6) is 5.88 Å². The Kier molecular flexibility index (Phi) is 2.00. The van der Waals surface area contributed by atoms with Crippen LogP contribution in [0.15, 0.2) is 6.07 Å². The summed E-state index contributed by atoms with van der Waals surface area (Å²) in [7, 11) is 1.43. The Morgan fingerprint density at radius 1 is 1.82 bits per heavy atom. The molecule has 1 heterocycles. The maximum Gasteiger partial charge on any atom is 0.286 e. The molecule has 1 rings (SSSR count). The van der Waals surface area contributed by atoms with E-state index in [1.807, 2.05) is 0 Å². The van der Waals surface area contributed by atoms with Gasteiger partial charge in [-0.1, -0.05) is 0 Å². The fourth-order valence-corrected chi connectivity index (χ4v) is 0.525. The van der Waals surface area contributed by atoms with Gasteiger partial charge in [0.25, 0.3) is 5.91 Å². The number of hydrogen-bond donors (Lipinski definition) is 1. The van der Waals surface area contributed by atoms with E-state index >= 15 is 0 Å². The number of aromatic nitrogens is 2. The summed E-state index contributed by atoms with van der Waals surface area (Å²) < 4.78 is 4.71. The van der Waals surface area contributed by atoms with Crippen molar-refractivity contribution in [1.29, 1.82) is 0 Å². The molecule has 0 unspecified atom stereocenters. The summed E-state index contributed by atoms with van der Waals surface area (Å²) in [6, 6.07) is 1.41. The van der Waals surface area contributed by atoms with Gasteiger partial charge in [-0.3, -0.25) is 4.79 Å². The van der Waals surface area contributed by atoms with Crippen molar-refractivity contribution < 1.29 is 9.53 Å². The van der Waals surface area contributed by atoms with Gasteiger partial charge in [-0.2, -0.15) is 4.98 Å². The van der Waals surface area contributed by atoms with Gasteiger partial charge in [-0.25, -0.2) is 4.98 Å². The van der Waals surface area contributed by atoms with Crippen LogP contribution < -0.4 is 10.5 Å². The van der Waals surface area contributed by atoms with Gasteiger partial charge in [0.2, 0.25) is 11.7 Å². The maximum absolute atomic E-state index is 10.5. The van der Waals surface area contributed by atoms with Crippen LogP contribution in [0, 0.1) is 6.20 Å². The number of amides is 1. The number of primary amides is 1. The second-order valence-electron chi connectivity index (χ2n) is 1.73. The Hall–Kier alpha value is -1.65. The van der Waals surface area contributed by atoms with Gasteiger partial charge in [-0.15, -0.1) is 0 Å². The minimum Gasteiger partial charge on any atom is -0.481 e. The Morgan fingerprint density at radius 2 is 2.55 bits per heavy atom. The van der Waals surface area contributed by atoms with Gasteiger partial charge >= 0.3 is 0 Å². The Bertz CT molecular complexity index is 274. The average molecular weight is 152 g/mol. The van der Waals surface area contributed by atoms with Crippen LogP contribution >= 0.6 is 0 Å². The zero-order chi connectivity index (χ0) is 8.27. The summed E-state index contributed by atoms with van der Waals surface area (Å²) in [4.78, 5) is 17.6. The van der Waals surface area contributed by atoms with Crippen molar-refractivity contribution in [3.05, 3.63) is 18.1 Å². The van der Waals surface area contributed by atoms with Crippen LogP contribution in [0.25, 0.3) is 0 Å². The summed E-state index contributed by atoms with van der Waals surface area (Å²) in [5, 5.41) is 0. The van der Waals surface area contributed by atoms with Crippen LogP contribution in [0.4, 0.5) is 0 Å². The lowest BCUT2D eigenvalue weighted by Crippen LogP contribution is -2.15. The third-order valence-corrected chi connectivity index (χ3v) is 1.00. The first-order chi connectivity index (χ1) is 5.24. The molecular weight excluding hydrogens is 146 g/mol. The predicted octanol–water partition coefficient (Wildman–Crippen LogP) is -0.616. The monoisotopic (exact) mass is 152 g/mol. The van der Waals surface area contributed by atoms with Gasteiger partial charge in [0.15, 0.2) is 0 Å². The molecule has 5 heteroatoms. The normalized spacial score (nSPS) is 9.18. The summed E-state index contributed by atoms with van der Waals surface area (Å²) in [6.07, 6.45) is 2.42. The molecule has 0 aliphatic rings. The number of carbonyl (C=O) groups is 1. The lowest BCUT2D eigenvalue weighted by molar-refractivity contribution is 0.0989. The fraction of sp³-hybridized carbons (Fsp3) is 0.167. The first-order valence-corrected chi connectivity index (χ1v) is 2.83. The van der Waals surface area contributed by atoms with E-state index in [0.717, 1.165) is 0 Å². The summed E-state index contributed by atoms with van der Waals surface area (Å²) >= 11 is 0. The van der Waals surface area contributed by atoms with E-state index in [-0.39, 0.29) is 11.7 Å². The molecule has 0 spiro atoms. The number of rotatable bonds is 2. The topological polar surface area (TPSA) is 78.1 Å². The molecule has 1 amide bonds. The molecule has 0 atom stereocenters. The van der Waals surface area contributed by atoms with Gasteiger partial charge in [0.1, 0.15) is 0 Å². The number of hydrogen-bond acceptors (Lipinski definition) is 4. The van der Waals surface area contributed by atoms with E-state index in [2.05, 4.69) is 16.2 Å². The zero-order valence-corrected chi connectivity index (χ0v) is 5.87. The van der Waals surface area contributed by atoms with Crippen LogP contribution in [0.1, 0.15) is 10.6 Å². The van der Waals surface area contributed by atoms with Gasteiger partial charge < -0.3 is 10.5 Å². The summed E-state index contributed by atoms with van der Waals surface area (Å²) in [5.74, 6) is -0.515. The van der Waals surface area contributed by atoms with Crippen LogP contribution in [0.2, 0.25) is 0 Å². The van der Waals surface area contributed by atoms with Crippen molar-refractivity contribution in [3.63, 3.8) is 0 Å². The van der Waals surface area contributed by atoms with E-state index in [9.17, 15) is 4.79 Å². The van der Waals surface area contributed by atoms with Gasteiger partial charge in [-0.05, 0) is 0 Å². The molecule has 0 aliphatic heterocycles. The van der Waals surface area contributed by atoms with E-state index in [0.29, 0.717) is 0 Å². The minimum absolute atomic E-state index is 0.0932. The smallest absolute Gasteiger partial charge is 0.286 e. The summed E-state index contributed by atoms with van der Waals surface area (Å²) in [6.45, 7) is 0. The van der Waals surface area contributed by atoms with E-state index in [4.69, 9.17) is 10.5 Å². The van der Waals surface area contributed by atoms with Crippen LogP contribution in [-0.2, 0) is 0 Å². The van der Waals surface area contributed by atoms with E-state index in [1.165, 1.54) is 13.2 Å². The van der Waals surface area contributed by atoms with Gasteiger partial charge in [0.05, 0.1) is 13.3 Å². The number of carbonyl (C=O) groups excluding carboxylic acids is 1. The number of ether oxygens (including phenoxy) is 1. The Labute approximate surface area is 63.2 Å². The first kappa shape index (κ1) is 7.46. The standard InChI is InChI=1S/C6H6N3O2/c1-11-4-2-3-8-6(9-4)5(7)10/h2H,1H3,(H2,7,10). The fourth-order valence-electron chi connectivity index (χ4n) is 0.525. The van der Waals surface area contributed by atoms with Crippen LogP contribution in [0.3, 0.4) is 0 Å². The number of nitrogens with zero attached hydrogens (tertiary/aromatic N) is 2. The zero-order valence-electron chi connectivity index (χ0n) is 5.87. The van der Waals surface area contributed by atoms with Crippen molar-refractivity contribution in [2.24, 2.45) is 5.73 Å². The van der Waals surface area contributed by atoms with Crippen molar-refractivity contribution in [1.82, 2.24) is 9.97 Å². The Balaban J connectivity index is 3.01. The number of nitrogens with two attached hydrogens (primary N) is 1. The molecule has 1 aromatic heterocycles. The molecule has 57 valence electrons. The predicted molar refractivity (Wildman–Crippen MR) is 35.9 cm³/mol. The lowest BCUT2D eigenvalue weighted by Gasteiger charge is -1.96. The van der Waals surface area contributed by atoms with E-state index in [1.54, 1.807) is 0 Å². The highest BCUT2D eigenvalue weighted by atomic mass is 16.5. The molecule has 0 aliphatic carbocycles. The van der Waals surface area contributed by atoms with Gasteiger partial charge in [0, 0.05) is 6.07 Å². The number of methoxy groups -OCH3 is 1. The van der Waals surface area contributed by atoms with E-state index < -0.39 is 5.91 Å². The first-order valence-electron chi connectivity index (χ1n) is 2.83. The summed E-state index contributed by atoms with van der Waals surface area (Å²) in [5.41, 5.74) is 4.90. The third kappa shape index (κ3) is 1.64. The van der Waals surface area contributed by atoms with Crippen molar-refractivity contribution >= 4 is 5.91 Å². The second-order valence-corrected chi connectivity index (χ2v) is 1.73. The molecule has 1 aromatic rings. The highest BCUT2D eigenvalue weighted by Crippen LogP contribution is 2.01. The highest BCUT2D eigenvalue weighted by molar-refractivity contribution is 5.88. The van der Waals surface area contributed by atoms with Crippen molar-refractivity contribution in [2.75, 3.05) is 7.11 Å². The molecule has 0 fully saturated rings. The largest absolute Gasteiger partial charge is 0.481 e. The van der Waals surface area contributed by atoms with Crippen molar-refractivity contribution in [3.8, 4) is 5.88 Å². The SMILES string of the molecule is COc1c[c]nc(C(N)=O)n1. The molecule has 2 N–H and O–H groups in total. The maximum atomic E-state index is 10.5. The molecular formula is C6H6N3O2. The highest BCUT2D eigenvalue weighted by Gasteiger charge is 2.03. The van der Waals surface area contributed by atoms with Crippen molar-refractivity contribution in [2.45, 2.75) is 0 Å². The molecule has 11 heavy (non-hydrogen) atoms. The second kappa shape index (κ2) is 2.96. The van der Waals surface area contributed by atoms with Crippen LogP contribution in [-0.4, -0.2) is 23.0 Å². The molecule has 0 saturated carbocycles. The molecule has 0 bridgehead atoms. The molecule has 1 radical (unpaired) electrons. The third-order valence-electron chi connectivity index (χ3n) is 1.00. The molecule has 5 nitrogen and oxygen atoms in total.